The zero-order valence-corrected chi connectivity index (χ0v) is 14.3. The maximum absolute atomic E-state index is 12.5. The second-order valence-corrected chi connectivity index (χ2v) is 6.31. The summed E-state index contributed by atoms with van der Waals surface area (Å²) in [4.78, 5) is 24.3. The molecule has 2 rings (SSSR count). The molecule has 1 amide bonds. The summed E-state index contributed by atoms with van der Waals surface area (Å²) in [6.45, 7) is 3.56. The highest BCUT2D eigenvalue weighted by Gasteiger charge is 2.22. The summed E-state index contributed by atoms with van der Waals surface area (Å²) >= 11 is 0. The fourth-order valence-electron chi connectivity index (χ4n) is 2.67. The van der Waals surface area contributed by atoms with Crippen molar-refractivity contribution in [1.29, 1.82) is 0 Å². The van der Waals surface area contributed by atoms with Crippen LogP contribution in [0, 0.1) is 6.92 Å². The van der Waals surface area contributed by atoms with Gasteiger partial charge in [0.05, 0.1) is 11.7 Å². The van der Waals surface area contributed by atoms with Crippen LogP contribution in [0.3, 0.4) is 0 Å². The van der Waals surface area contributed by atoms with Gasteiger partial charge in [-0.2, -0.15) is 0 Å². The molecule has 134 valence electrons. The molecule has 3 atom stereocenters. The Morgan fingerprint density at radius 2 is 1.76 bits per heavy atom. The van der Waals surface area contributed by atoms with E-state index in [1.807, 2.05) is 0 Å². The Balaban J connectivity index is 2.43. The molecule has 0 fully saturated rings. The van der Waals surface area contributed by atoms with Gasteiger partial charge in [-0.25, -0.2) is 0 Å². The van der Waals surface area contributed by atoms with Gasteiger partial charge in [-0.15, -0.1) is 0 Å². The van der Waals surface area contributed by atoms with Crippen LogP contribution in [-0.4, -0.2) is 45.3 Å². The van der Waals surface area contributed by atoms with Gasteiger partial charge in [0.1, 0.15) is 11.9 Å². The summed E-state index contributed by atoms with van der Waals surface area (Å²) in [5, 5.41) is 32.8. The molecular formula is C19H23NO5. The van der Waals surface area contributed by atoms with Crippen LogP contribution in [0.15, 0.2) is 30.4 Å². The molecule has 1 aliphatic rings. The number of rotatable bonds is 0. The van der Waals surface area contributed by atoms with Crippen LogP contribution in [-0.2, 0) is 4.79 Å². The Bertz CT molecular complexity index is 723. The number of phenolic OH excluding ortho intramolecular Hbond substituents is 1. The minimum Gasteiger partial charge on any atom is -0.507 e. The number of benzene rings is 1. The highest BCUT2D eigenvalue weighted by molar-refractivity contribution is 6.00. The average Bonchev–Trinajstić information content (AvgIpc) is 2.52. The molecule has 0 aliphatic carbocycles. The lowest BCUT2D eigenvalue weighted by molar-refractivity contribution is -0.127. The van der Waals surface area contributed by atoms with Gasteiger partial charge < -0.3 is 20.6 Å². The standard InChI is InChI=1S/C19H23NO5/c1-11-9-13-6-4-8-15(22)18(24)14(21)7-3-5-12(2)20-19(25)17(13)16(23)10-11/h3-4,6-7,9-10,12,15,18,22-24H,5,8H2,1-2H3,(H,20,25)/b6-4+,7-3-/t12?,15-,18+/m0/s1. The number of hydrogen-bond acceptors (Lipinski definition) is 5. The van der Waals surface area contributed by atoms with Gasteiger partial charge in [0, 0.05) is 6.04 Å². The van der Waals surface area contributed by atoms with E-state index in [0.717, 1.165) is 5.56 Å². The van der Waals surface area contributed by atoms with E-state index in [0.29, 0.717) is 12.0 Å². The van der Waals surface area contributed by atoms with Crippen LogP contribution < -0.4 is 5.32 Å². The predicted molar refractivity (Wildman–Crippen MR) is 94.2 cm³/mol. The largest absolute Gasteiger partial charge is 0.507 e. The lowest BCUT2D eigenvalue weighted by Crippen LogP contribution is -2.34. The van der Waals surface area contributed by atoms with Crippen LogP contribution in [0.1, 0.15) is 41.3 Å². The predicted octanol–water partition coefficient (Wildman–Crippen LogP) is 1.47. The van der Waals surface area contributed by atoms with Crippen LogP contribution >= 0.6 is 0 Å². The molecule has 1 aromatic carbocycles. The van der Waals surface area contributed by atoms with Crippen molar-refractivity contribution in [3.63, 3.8) is 0 Å². The van der Waals surface area contributed by atoms with Crippen molar-refractivity contribution in [2.24, 2.45) is 0 Å². The SMILES string of the molecule is Cc1cc(O)c2c(c1)/C=C/C[C@H](O)[C@H](O)C(=O)/C=C\CC(C)NC2=O. The zero-order valence-electron chi connectivity index (χ0n) is 14.3. The number of fused-ring (bicyclic) bond motifs is 1. The third-order valence-electron chi connectivity index (χ3n) is 4.00. The fraction of sp³-hybridized carbons (Fsp3) is 0.368. The van der Waals surface area contributed by atoms with Crippen LogP contribution in [0.2, 0.25) is 0 Å². The van der Waals surface area contributed by atoms with E-state index < -0.39 is 23.9 Å². The number of aromatic hydroxyl groups is 1. The number of aliphatic hydroxyl groups excluding tert-OH is 2. The molecule has 1 aromatic rings. The molecule has 0 radical (unpaired) electrons. The Morgan fingerprint density at radius 3 is 2.48 bits per heavy atom. The third kappa shape index (κ3) is 4.78. The summed E-state index contributed by atoms with van der Waals surface area (Å²) < 4.78 is 0. The van der Waals surface area contributed by atoms with Crippen LogP contribution in [0.4, 0.5) is 0 Å². The first-order valence-electron chi connectivity index (χ1n) is 8.17. The normalized spacial score (nSPS) is 27.8. The molecule has 4 N–H and O–H groups in total. The number of amides is 1. The van der Waals surface area contributed by atoms with E-state index in [4.69, 9.17) is 0 Å². The van der Waals surface area contributed by atoms with Crippen LogP contribution in [0.5, 0.6) is 5.75 Å². The Kier molecular flexibility index (Phi) is 6.12. The molecule has 0 bridgehead atoms. The number of hydrogen-bond donors (Lipinski definition) is 4. The van der Waals surface area contributed by atoms with E-state index >= 15 is 0 Å². The number of ketones is 1. The molecule has 6 heteroatoms. The third-order valence-corrected chi connectivity index (χ3v) is 4.00. The van der Waals surface area contributed by atoms with Crippen molar-refractivity contribution in [2.75, 3.05) is 0 Å². The zero-order chi connectivity index (χ0) is 18.6. The highest BCUT2D eigenvalue weighted by atomic mass is 16.3. The van der Waals surface area contributed by atoms with E-state index in [1.165, 1.54) is 12.1 Å². The topological polar surface area (TPSA) is 107 Å². The lowest BCUT2D eigenvalue weighted by atomic mass is 9.99. The fourth-order valence-corrected chi connectivity index (χ4v) is 2.67. The number of carbonyl (C=O) groups excluding carboxylic acids is 2. The first-order valence-corrected chi connectivity index (χ1v) is 8.17. The molecule has 25 heavy (non-hydrogen) atoms. The van der Waals surface area contributed by atoms with Crippen molar-refractivity contribution in [3.05, 3.63) is 47.1 Å². The minimum atomic E-state index is -1.50. The van der Waals surface area contributed by atoms with E-state index in [2.05, 4.69) is 5.32 Å². The quantitative estimate of drug-likeness (QED) is 0.570. The van der Waals surface area contributed by atoms with Gasteiger partial charge in [-0.05, 0) is 50.0 Å². The molecule has 0 spiro atoms. The van der Waals surface area contributed by atoms with Crippen LogP contribution in [0.25, 0.3) is 6.08 Å². The Morgan fingerprint density at radius 1 is 1.08 bits per heavy atom. The van der Waals surface area contributed by atoms with Gasteiger partial charge in [-0.1, -0.05) is 24.3 Å². The molecular weight excluding hydrogens is 322 g/mol. The van der Waals surface area contributed by atoms with Gasteiger partial charge in [0.15, 0.2) is 5.78 Å². The second kappa shape index (κ2) is 8.09. The molecule has 0 aromatic heterocycles. The van der Waals surface area contributed by atoms with Crippen molar-refractivity contribution in [3.8, 4) is 5.75 Å². The van der Waals surface area contributed by atoms with Crippen molar-refractivity contribution in [2.45, 2.75) is 44.9 Å². The summed E-state index contributed by atoms with van der Waals surface area (Å²) in [5.41, 5.74) is 1.44. The first-order chi connectivity index (χ1) is 11.8. The van der Waals surface area contributed by atoms with Gasteiger partial charge in [0.25, 0.3) is 5.91 Å². The van der Waals surface area contributed by atoms with E-state index in [-0.39, 0.29) is 23.8 Å². The van der Waals surface area contributed by atoms with Crippen molar-refractivity contribution in [1.82, 2.24) is 5.32 Å². The van der Waals surface area contributed by atoms with E-state index in [1.54, 1.807) is 38.1 Å². The number of nitrogens with one attached hydrogen (secondary N) is 1. The molecule has 1 unspecified atom stereocenters. The molecule has 1 heterocycles. The summed E-state index contributed by atoms with van der Waals surface area (Å²) in [6.07, 6.45) is 3.56. The molecule has 0 saturated heterocycles. The number of aliphatic hydroxyl groups is 2. The maximum Gasteiger partial charge on any atom is 0.255 e. The second-order valence-electron chi connectivity index (χ2n) is 6.31. The Labute approximate surface area is 146 Å². The monoisotopic (exact) mass is 345 g/mol. The molecule has 1 aliphatic heterocycles. The van der Waals surface area contributed by atoms with Crippen molar-refractivity contribution < 1.29 is 24.9 Å². The smallest absolute Gasteiger partial charge is 0.255 e. The lowest BCUT2D eigenvalue weighted by Gasteiger charge is -2.17. The minimum absolute atomic E-state index is 0.0346. The van der Waals surface area contributed by atoms with E-state index in [9.17, 15) is 24.9 Å². The first kappa shape index (κ1) is 18.9. The number of aryl methyl sites for hydroxylation is 1. The average molecular weight is 345 g/mol. The maximum atomic E-state index is 12.5. The number of phenols is 1. The number of carbonyl (C=O) groups is 2. The summed E-state index contributed by atoms with van der Waals surface area (Å²) in [5.74, 6) is -1.12. The highest BCUT2D eigenvalue weighted by Crippen LogP contribution is 2.25. The Hall–Kier alpha value is -2.44. The van der Waals surface area contributed by atoms with Crippen molar-refractivity contribution >= 4 is 17.8 Å². The molecule has 0 saturated carbocycles. The molecule has 6 nitrogen and oxygen atoms in total. The summed E-state index contributed by atoms with van der Waals surface area (Å²) in [7, 11) is 0. The van der Waals surface area contributed by atoms with Gasteiger partial charge >= 0.3 is 0 Å². The summed E-state index contributed by atoms with van der Waals surface area (Å²) in [6, 6.07) is 2.98. The van der Waals surface area contributed by atoms with Gasteiger partial charge in [0.2, 0.25) is 0 Å². The van der Waals surface area contributed by atoms with Gasteiger partial charge in [-0.3, -0.25) is 9.59 Å².